The Morgan fingerprint density at radius 3 is 1.97 bits per heavy atom. The Morgan fingerprint density at radius 1 is 1.06 bits per heavy atom. The summed E-state index contributed by atoms with van der Waals surface area (Å²) in [7, 11) is 5.19. The number of methoxy groups -OCH3 is 2. The van der Waals surface area contributed by atoms with Gasteiger partial charge in [-0.2, -0.15) is 0 Å². The maximum atomic E-state index is 12.1. The van der Waals surface area contributed by atoms with Crippen LogP contribution in [0.4, 0.5) is 0 Å². The van der Waals surface area contributed by atoms with Gasteiger partial charge in [0, 0.05) is 20.0 Å². The van der Waals surface area contributed by atoms with Crippen LogP contribution >= 0.6 is 0 Å². The van der Waals surface area contributed by atoms with Gasteiger partial charge in [0.1, 0.15) is 17.6 Å². The first-order chi connectivity index (χ1) is 17.1. The van der Waals surface area contributed by atoms with Crippen LogP contribution in [-0.2, 0) is 23.9 Å². The molecule has 2 saturated heterocycles. The second-order valence-electron chi connectivity index (χ2n) is 8.87. The molecule has 1 aromatic rings. The first-order valence-corrected chi connectivity index (χ1v) is 12.2. The third-order valence-corrected chi connectivity index (χ3v) is 6.13. The predicted octanol–water partition coefficient (Wildman–Crippen LogP) is 2.47. The van der Waals surface area contributed by atoms with E-state index >= 15 is 0 Å². The van der Waals surface area contributed by atoms with Crippen molar-refractivity contribution in [2.45, 2.75) is 45.1 Å². The summed E-state index contributed by atoms with van der Waals surface area (Å²) in [5.74, 6) is 0.378. The van der Waals surface area contributed by atoms with Crippen LogP contribution in [0.15, 0.2) is 36.9 Å². The molecule has 1 saturated carbocycles. The van der Waals surface area contributed by atoms with Gasteiger partial charge < -0.3 is 29.0 Å². The summed E-state index contributed by atoms with van der Waals surface area (Å²) < 4.78 is 9.08. The van der Waals surface area contributed by atoms with Gasteiger partial charge in [-0.1, -0.05) is 24.3 Å². The Labute approximate surface area is 215 Å². The van der Waals surface area contributed by atoms with Gasteiger partial charge in [0.2, 0.25) is 11.8 Å². The number of aldehydes is 1. The summed E-state index contributed by atoms with van der Waals surface area (Å²) in [5, 5.41) is 0. The van der Waals surface area contributed by atoms with E-state index in [0.717, 1.165) is 12.0 Å². The van der Waals surface area contributed by atoms with Crippen molar-refractivity contribution in [2.24, 2.45) is 0 Å². The number of hydrogen-bond acceptors (Lipinski definition) is 7. The maximum Gasteiger partial charge on any atom is 0.302 e. The van der Waals surface area contributed by atoms with E-state index in [0.29, 0.717) is 25.9 Å². The number of amides is 2. The van der Waals surface area contributed by atoms with Crippen molar-refractivity contribution in [3.8, 4) is 5.75 Å². The number of ether oxygens (including phenoxy) is 2. The summed E-state index contributed by atoms with van der Waals surface area (Å²) in [4.78, 5) is 49.2. The van der Waals surface area contributed by atoms with Gasteiger partial charge in [0.05, 0.1) is 20.8 Å². The summed E-state index contributed by atoms with van der Waals surface area (Å²) in [5.41, 5.74) is 0.600. The first-order valence-electron chi connectivity index (χ1n) is 12.2. The predicted molar refractivity (Wildman–Crippen MR) is 139 cm³/mol. The lowest BCUT2D eigenvalue weighted by molar-refractivity contribution is -0.151. The first kappa shape index (κ1) is 30.8. The number of aryl methyl sites for hydroxylation is 1. The minimum absolute atomic E-state index is 0.0962. The van der Waals surface area contributed by atoms with Crippen LogP contribution in [-0.4, -0.2) is 98.3 Å². The van der Waals surface area contributed by atoms with Crippen LogP contribution in [0.2, 0.25) is 0 Å². The molecule has 1 aliphatic carbocycles. The van der Waals surface area contributed by atoms with E-state index in [-0.39, 0.29) is 24.3 Å². The zero-order valence-corrected chi connectivity index (χ0v) is 22.3. The average molecular weight is 504 g/mol. The fourth-order valence-electron chi connectivity index (χ4n) is 3.79. The van der Waals surface area contributed by atoms with Gasteiger partial charge in [0.15, 0.2) is 0 Å². The van der Waals surface area contributed by atoms with E-state index in [1.807, 2.05) is 24.3 Å². The molecule has 0 unspecified atom stereocenters. The van der Waals surface area contributed by atoms with Crippen LogP contribution in [0.5, 0.6) is 5.75 Å². The largest absolute Gasteiger partial charge is 0.497 e. The Hall–Kier alpha value is -3.20. The standard InChI is InChI=1S/C11H14N2O3.C8H10O.C5H11N.C3H6O2/c1-2-9(15)13-6-5-12(7-8-14)10(16)11(13)3-4-11;1-7-3-5-8(9-2)6-4-7;1-6-4-2-3-5-6;1-3(4)5-2/h2,8H,1,3-7H2;3-6H,1-2H3;2-5H2,1H3;1-2H3. The van der Waals surface area contributed by atoms with Crippen LogP contribution in [0.1, 0.15) is 38.2 Å². The summed E-state index contributed by atoms with van der Waals surface area (Å²) >= 11 is 0. The van der Waals surface area contributed by atoms with Gasteiger partial charge in [-0.25, -0.2) is 0 Å². The lowest BCUT2D eigenvalue weighted by atomic mass is 10.1. The number of piperazine rings is 1. The second-order valence-corrected chi connectivity index (χ2v) is 8.87. The Bertz CT molecular complexity index is 861. The SMILES string of the molecule is C=CC(=O)N1CCN(CC=O)C(=O)C12CC2.CN1CCCC1.COC(C)=O.COc1ccc(C)cc1. The van der Waals surface area contributed by atoms with Gasteiger partial charge in [-0.15, -0.1) is 0 Å². The number of carbonyl (C=O) groups is 4. The van der Waals surface area contributed by atoms with Crippen LogP contribution in [0, 0.1) is 6.92 Å². The molecule has 3 fully saturated rings. The van der Waals surface area contributed by atoms with E-state index in [1.165, 1.54) is 56.5 Å². The molecule has 2 heterocycles. The third-order valence-electron chi connectivity index (χ3n) is 6.13. The molecule has 4 rings (SSSR count). The molecule has 9 heteroatoms. The zero-order chi connectivity index (χ0) is 27.1. The molecule has 0 atom stereocenters. The smallest absolute Gasteiger partial charge is 0.302 e. The monoisotopic (exact) mass is 503 g/mol. The van der Waals surface area contributed by atoms with Crippen molar-refractivity contribution in [1.29, 1.82) is 0 Å². The van der Waals surface area contributed by atoms with E-state index < -0.39 is 5.54 Å². The van der Waals surface area contributed by atoms with Crippen molar-refractivity contribution in [3.63, 3.8) is 0 Å². The topological polar surface area (TPSA) is 96.5 Å². The fraction of sp³-hybridized carbons (Fsp3) is 0.556. The van der Waals surface area contributed by atoms with Crippen molar-refractivity contribution >= 4 is 24.1 Å². The highest BCUT2D eigenvalue weighted by atomic mass is 16.5. The number of benzene rings is 1. The molecule has 0 radical (unpaired) electrons. The number of esters is 1. The lowest BCUT2D eigenvalue weighted by Gasteiger charge is -2.40. The van der Waals surface area contributed by atoms with Crippen molar-refractivity contribution in [3.05, 3.63) is 42.5 Å². The Kier molecular flexibility index (Phi) is 13.5. The molecule has 0 aromatic heterocycles. The van der Waals surface area contributed by atoms with Gasteiger partial charge in [-0.3, -0.25) is 14.4 Å². The molecule has 2 aliphatic heterocycles. The lowest BCUT2D eigenvalue weighted by Crippen LogP contribution is -2.60. The van der Waals surface area contributed by atoms with Crippen LogP contribution in [0.25, 0.3) is 0 Å². The number of likely N-dealkylation sites (tertiary alicyclic amines) is 1. The molecule has 36 heavy (non-hydrogen) atoms. The Balaban J connectivity index is 0.000000272. The summed E-state index contributed by atoms with van der Waals surface area (Å²) in [6, 6.07) is 7.96. The van der Waals surface area contributed by atoms with E-state index in [1.54, 1.807) is 12.0 Å². The van der Waals surface area contributed by atoms with Crippen LogP contribution in [0.3, 0.4) is 0 Å². The highest BCUT2D eigenvalue weighted by Gasteiger charge is 2.59. The molecule has 1 spiro atoms. The molecule has 0 N–H and O–H groups in total. The highest BCUT2D eigenvalue weighted by molar-refractivity contribution is 5.98. The van der Waals surface area contributed by atoms with Crippen molar-refractivity contribution in [2.75, 3.05) is 54.0 Å². The molecule has 1 aromatic carbocycles. The van der Waals surface area contributed by atoms with Crippen molar-refractivity contribution < 1.29 is 28.7 Å². The van der Waals surface area contributed by atoms with Gasteiger partial charge in [-0.05, 0) is 71.0 Å². The zero-order valence-electron chi connectivity index (χ0n) is 22.3. The third kappa shape index (κ3) is 9.81. The highest BCUT2D eigenvalue weighted by Crippen LogP contribution is 2.45. The molecular weight excluding hydrogens is 462 g/mol. The molecular formula is C27H41N3O6. The molecule has 200 valence electrons. The minimum Gasteiger partial charge on any atom is -0.497 e. The quantitative estimate of drug-likeness (QED) is 0.354. The van der Waals surface area contributed by atoms with Gasteiger partial charge in [0.25, 0.3) is 0 Å². The van der Waals surface area contributed by atoms with E-state index in [4.69, 9.17) is 4.74 Å². The van der Waals surface area contributed by atoms with E-state index in [9.17, 15) is 19.2 Å². The molecule has 0 bridgehead atoms. The maximum absolute atomic E-state index is 12.1. The Morgan fingerprint density at radius 2 is 1.61 bits per heavy atom. The second kappa shape index (κ2) is 15.7. The van der Waals surface area contributed by atoms with Crippen LogP contribution < -0.4 is 4.74 Å². The minimum atomic E-state index is -0.660. The summed E-state index contributed by atoms with van der Waals surface area (Å²) in [6.07, 6.45) is 6.18. The number of hydrogen-bond donors (Lipinski definition) is 0. The number of nitrogens with zero attached hydrogens (tertiary/aromatic N) is 3. The van der Waals surface area contributed by atoms with Gasteiger partial charge >= 0.3 is 5.97 Å². The fourth-order valence-corrected chi connectivity index (χ4v) is 3.79. The average Bonchev–Trinajstić information content (AvgIpc) is 3.52. The molecule has 3 aliphatic rings. The summed E-state index contributed by atoms with van der Waals surface area (Å²) in [6.45, 7) is 10.5. The normalized spacial score (nSPS) is 17.3. The molecule has 2 amide bonds. The molecule has 9 nitrogen and oxygen atoms in total. The number of carbonyl (C=O) groups excluding carboxylic acids is 4. The number of rotatable bonds is 4. The van der Waals surface area contributed by atoms with Crippen molar-refractivity contribution in [1.82, 2.24) is 14.7 Å². The van der Waals surface area contributed by atoms with E-state index in [2.05, 4.69) is 30.2 Å².